The molecule has 1 aliphatic heterocycles. The number of fused-ring (bicyclic) bond motifs is 1. The largest absolute Gasteiger partial charge is 0.494 e. The van der Waals surface area contributed by atoms with Crippen molar-refractivity contribution in [3.8, 4) is 5.75 Å². The molecule has 32 heavy (non-hydrogen) atoms. The van der Waals surface area contributed by atoms with Gasteiger partial charge in [-0.05, 0) is 48.4 Å². The first-order valence-corrected chi connectivity index (χ1v) is 10.5. The highest BCUT2D eigenvalue weighted by Crippen LogP contribution is 2.26. The van der Waals surface area contributed by atoms with Gasteiger partial charge in [0, 0.05) is 19.2 Å². The van der Waals surface area contributed by atoms with Crippen LogP contribution in [0.5, 0.6) is 5.75 Å². The number of rotatable bonds is 7. The Labute approximate surface area is 187 Å². The predicted molar refractivity (Wildman–Crippen MR) is 120 cm³/mol. The van der Waals surface area contributed by atoms with Crippen molar-refractivity contribution in [1.29, 1.82) is 0 Å². The number of ether oxygens (including phenoxy) is 1. The fourth-order valence-electron chi connectivity index (χ4n) is 3.76. The number of hydrogen-bond acceptors (Lipinski definition) is 4. The maximum absolute atomic E-state index is 13.0. The molecule has 1 aliphatic rings. The average Bonchev–Trinajstić information content (AvgIpc) is 3.05. The number of carbonyl (C=O) groups excluding carboxylic acids is 3. The van der Waals surface area contributed by atoms with Crippen molar-refractivity contribution >= 4 is 17.7 Å². The fraction of sp³-hybridized carbons (Fsp3) is 0.192. The van der Waals surface area contributed by atoms with Crippen LogP contribution in [-0.4, -0.2) is 41.2 Å². The number of hydrogen-bond donors (Lipinski definition) is 0. The van der Waals surface area contributed by atoms with Gasteiger partial charge in [-0.2, -0.15) is 0 Å². The molecule has 0 N–H and O–H groups in total. The summed E-state index contributed by atoms with van der Waals surface area (Å²) in [5.74, 6) is -0.149. The van der Waals surface area contributed by atoms with Gasteiger partial charge in [0.1, 0.15) is 5.75 Å². The van der Waals surface area contributed by atoms with E-state index < -0.39 is 0 Å². The number of nitrogens with zero attached hydrogens (tertiary/aromatic N) is 2. The van der Waals surface area contributed by atoms with Gasteiger partial charge < -0.3 is 9.64 Å². The van der Waals surface area contributed by atoms with Gasteiger partial charge in [0.2, 0.25) is 0 Å². The predicted octanol–water partition coefficient (Wildman–Crippen LogP) is 4.15. The summed E-state index contributed by atoms with van der Waals surface area (Å²) in [6.07, 6.45) is 0. The maximum atomic E-state index is 13.0. The second-order valence-corrected chi connectivity index (χ2v) is 7.68. The second-order valence-electron chi connectivity index (χ2n) is 7.68. The number of amides is 3. The quantitative estimate of drug-likeness (QED) is 0.530. The van der Waals surface area contributed by atoms with Crippen LogP contribution >= 0.6 is 0 Å². The molecule has 0 radical (unpaired) electrons. The monoisotopic (exact) mass is 428 g/mol. The van der Waals surface area contributed by atoms with Crippen LogP contribution in [0.25, 0.3) is 0 Å². The van der Waals surface area contributed by atoms with Crippen molar-refractivity contribution in [2.24, 2.45) is 0 Å². The van der Waals surface area contributed by atoms with E-state index in [1.807, 2.05) is 61.5 Å². The lowest BCUT2D eigenvalue weighted by molar-refractivity contribution is 0.0642. The summed E-state index contributed by atoms with van der Waals surface area (Å²) in [6, 6.07) is 21.6. The van der Waals surface area contributed by atoms with E-state index in [9.17, 15) is 14.4 Å². The van der Waals surface area contributed by atoms with E-state index in [4.69, 9.17) is 4.74 Å². The minimum absolute atomic E-state index is 0.202. The smallest absolute Gasteiger partial charge is 0.261 e. The third kappa shape index (κ3) is 4.25. The van der Waals surface area contributed by atoms with Crippen LogP contribution in [0.3, 0.4) is 0 Å². The van der Waals surface area contributed by atoms with Gasteiger partial charge >= 0.3 is 0 Å². The summed E-state index contributed by atoms with van der Waals surface area (Å²) in [5.41, 5.74) is 2.81. The molecule has 3 aromatic carbocycles. The van der Waals surface area contributed by atoms with Crippen molar-refractivity contribution < 1.29 is 19.1 Å². The highest BCUT2D eigenvalue weighted by atomic mass is 16.5. The molecule has 0 aromatic heterocycles. The van der Waals surface area contributed by atoms with Gasteiger partial charge in [0.05, 0.1) is 24.3 Å². The molecule has 4 rings (SSSR count). The Kier molecular flexibility index (Phi) is 6.03. The van der Waals surface area contributed by atoms with Crippen LogP contribution in [-0.2, 0) is 13.1 Å². The van der Waals surface area contributed by atoms with Crippen LogP contribution in [0.15, 0.2) is 72.8 Å². The van der Waals surface area contributed by atoms with Gasteiger partial charge in [-0.3, -0.25) is 19.3 Å². The lowest BCUT2D eigenvalue weighted by Crippen LogP contribution is -2.29. The van der Waals surface area contributed by atoms with E-state index in [-0.39, 0.29) is 29.8 Å². The molecular formula is C26H24N2O4. The summed E-state index contributed by atoms with van der Waals surface area (Å²) in [4.78, 5) is 41.4. The van der Waals surface area contributed by atoms with Crippen molar-refractivity contribution in [2.45, 2.75) is 20.0 Å². The summed E-state index contributed by atoms with van der Waals surface area (Å²) in [7, 11) is 1.71. The number of imide groups is 1. The maximum Gasteiger partial charge on any atom is 0.261 e. The van der Waals surface area contributed by atoms with Crippen LogP contribution in [0.2, 0.25) is 0 Å². The topological polar surface area (TPSA) is 66.9 Å². The summed E-state index contributed by atoms with van der Waals surface area (Å²) < 4.78 is 5.45. The Hall–Kier alpha value is -3.93. The van der Waals surface area contributed by atoms with Gasteiger partial charge in [0.15, 0.2) is 0 Å². The highest BCUT2D eigenvalue weighted by Gasteiger charge is 2.36. The molecule has 1 heterocycles. The standard InChI is InChI=1S/C26H24N2O4/c1-3-32-21-12-9-19(10-13-21)16-27(2)24(29)20-11-14-22-23(15-20)26(31)28(25(22)30)17-18-7-5-4-6-8-18/h4-15H,3,16-17H2,1-2H3. The van der Waals surface area contributed by atoms with Crippen molar-refractivity contribution in [3.63, 3.8) is 0 Å². The first-order chi connectivity index (χ1) is 15.5. The molecule has 0 unspecified atom stereocenters. The lowest BCUT2D eigenvalue weighted by atomic mass is 10.0. The summed E-state index contributed by atoms with van der Waals surface area (Å²) in [6.45, 7) is 3.14. The normalized spacial score (nSPS) is 12.6. The third-order valence-electron chi connectivity index (χ3n) is 5.40. The van der Waals surface area contributed by atoms with Crippen LogP contribution < -0.4 is 4.74 Å². The Morgan fingerprint density at radius 2 is 1.56 bits per heavy atom. The molecule has 162 valence electrons. The molecule has 0 fully saturated rings. The lowest BCUT2D eigenvalue weighted by Gasteiger charge is -2.18. The SMILES string of the molecule is CCOc1ccc(CN(C)C(=O)c2ccc3c(c2)C(=O)N(Cc2ccccc2)C3=O)cc1. The molecule has 3 amide bonds. The summed E-state index contributed by atoms with van der Waals surface area (Å²) >= 11 is 0. The third-order valence-corrected chi connectivity index (χ3v) is 5.40. The summed E-state index contributed by atoms with van der Waals surface area (Å²) in [5, 5.41) is 0. The van der Waals surface area contributed by atoms with E-state index >= 15 is 0 Å². The van der Waals surface area contributed by atoms with Crippen LogP contribution in [0, 0.1) is 0 Å². The molecule has 6 nitrogen and oxygen atoms in total. The molecule has 0 atom stereocenters. The molecule has 0 spiro atoms. The molecule has 0 aliphatic carbocycles. The van der Waals surface area contributed by atoms with Gasteiger partial charge in [-0.15, -0.1) is 0 Å². The van der Waals surface area contributed by atoms with Crippen molar-refractivity contribution in [1.82, 2.24) is 9.80 Å². The van der Waals surface area contributed by atoms with Crippen LogP contribution in [0.4, 0.5) is 0 Å². The van der Waals surface area contributed by atoms with Gasteiger partial charge in [0.25, 0.3) is 17.7 Å². The van der Waals surface area contributed by atoms with Crippen molar-refractivity contribution in [3.05, 3.63) is 101 Å². The minimum Gasteiger partial charge on any atom is -0.494 e. The Balaban J connectivity index is 1.49. The second kappa shape index (κ2) is 9.06. The molecule has 3 aromatic rings. The molecule has 0 saturated heterocycles. The minimum atomic E-state index is -0.377. The van der Waals surface area contributed by atoms with Gasteiger partial charge in [-0.1, -0.05) is 42.5 Å². The molecular weight excluding hydrogens is 404 g/mol. The zero-order valence-corrected chi connectivity index (χ0v) is 18.1. The zero-order chi connectivity index (χ0) is 22.7. The Morgan fingerprint density at radius 1 is 0.875 bits per heavy atom. The molecule has 0 bridgehead atoms. The van der Waals surface area contributed by atoms with Gasteiger partial charge in [-0.25, -0.2) is 0 Å². The number of carbonyl (C=O) groups is 3. The molecule has 0 saturated carbocycles. The highest BCUT2D eigenvalue weighted by molar-refractivity contribution is 6.22. The fourth-order valence-corrected chi connectivity index (χ4v) is 3.76. The first kappa shape index (κ1) is 21.3. The van der Waals surface area contributed by atoms with Crippen LogP contribution in [0.1, 0.15) is 49.1 Å². The van der Waals surface area contributed by atoms with E-state index in [0.29, 0.717) is 24.3 Å². The van der Waals surface area contributed by atoms with Crippen molar-refractivity contribution in [2.75, 3.05) is 13.7 Å². The van der Waals surface area contributed by atoms with E-state index in [1.54, 1.807) is 24.1 Å². The van der Waals surface area contributed by atoms with E-state index in [2.05, 4.69) is 0 Å². The average molecular weight is 428 g/mol. The van der Waals surface area contributed by atoms with E-state index in [1.165, 1.54) is 11.0 Å². The zero-order valence-electron chi connectivity index (χ0n) is 18.1. The number of benzene rings is 3. The van der Waals surface area contributed by atoms with E-state index in [0.717, 1.165) is 16.9 Å². The Bertz CT molecular complexity index is 1160. The molecule has 6 heteroatoms. The first-order valence-electron chi connectivity index (χ1n) is 10.5. The Morgan fingerprint density at radius 3 is 2.25 bits per heavy atom.